The molecule has 1 aromatic heterocycles. The highest BCUT2D eigenvalue weighted by Gasteiger charge is 2.17. The molecule has 3 nitrogen and oxygen atoms in total. The summed E-state index contributed by atoms with van der Waals surface area (Å²) in [4.78, 5) is 0. The van der Waals surface area contributed by atoms with Gasteiger partial charge < -0.3 is 14.5 Å². The molecule has 1 atom stereocenters. The van der Waals surface area contributed by atoms with E-state index in [1.807, 2.05) is 25.2 Å². The molecule has 1 unspecified atom stereocenters. The molecular formula is C14H15BrFNO2. The molecule has 5 heteroatoms. The number of nitrogens with one attached hydrogen (secondary N) is 1. The third-order valence-electron chi connectivity index (χ3n) is 2.82. The van der Waals surface area contributed by atoms with Gasteiger partial charge in [-0.15, -0.1) is 0 Å². The van der Waals surface area contributed by atoms with E-state index < -0.39 is 0 Å². The fourth-order valence-electron chi connectivity index (χ4n) is 1.93. The molecule has 0 radical (unpaired) electrons. The maximum Gasteiger partial charge on any atom is 0.137 e. The minimum Gasteiger partial charge on any atom is -0.462 e. The fraction of sp³-hybridized carbons (Fsp3) is 0.286. The van der Waals surface area contributed by atoms with Crippen molar-refractivity contribution < 1.29 is 13.5 Å². The Morgan fingerprint density at radius 3 is 2.79 bits per heavy atom. The quantitative estimate of drug-likeness (QED) is 0.910. The van der Waals surface area contributed by atoms with Crippen molar-refractivity contribution in [2.75, 3.05) is 14.2 Å². The van der Waals surface area contributed by atoms with Gasteiger partial charge in [0.1, 0.15) is 23.9 Å². The standard InChI is InChI=1S/C14H15BrFNO2/c1-17-14(9-3-5-11(15)12(16)7-9)13-6-4-10(19-13)8-18-2/h3-7,14,17H,8H2,1-2H3. The van der Waals surface area contributed by atoms with Crippen molar-refractivity contribution in [3.8, 4) is 0 Å². The fourth-order valence-corrected chi connectivity index (χ4v) is 2.18. The Morgan fingerprint density at radius 1 is 1.37 bits per heavy atom. The van der Waals surface area contributed by atoms with Crippen molar-refractivity contribution in [1.82, 2.24) is 5.32 Å². The molecule has 0 bridgehead atoms. The number of hydrogen-bond acceptors (Lipinski definition) is 3. The summed E-state index contributed by atoms with van der Waals surface area (Å²) in [7, 11) is 3.42. The van der Waals surface area contributed by atoms with E-state index in [-0.39, 0.29) is 11.9 Å². The molecule has 2 aromatic rings. The van der Waals surface area contributed by atoms with E-state index in [1.54, 1.807) is 13.2 Å². The zero-order valence-corrected chi connectivity index (χ0v) is 12.3. The SMILES string of the molecule is CNC(c1ccc(Br)c(F)c1)c1ccc(COC)o1. The van der Waals surface area contributed by atoms with Crippen LogP contribution in [-0.2, 0) is 11.3 Å². The molecule has 19 heavy (non-hydrogen) atoms. The van der Waals surface area contributed by atoms with Gasteiger partial charge in [-0.05, 0) is 52.8 Å². The monoisotopic (exact) mass is 327 g/mol. The average molecular weight is 328 g/mol. The number of halogens is 2. The highest BCUT2D eigenvalue weighted by Crippen LogP contribution is 2.26. The second-order valence-corrected chi connectivity index (χ2v) is 4.99. The first kappa shape index (κ1) is 14.2. The smallest absolute Gasteiger partial charge is 0.137 e. The third kappa shape index (κ3) is 3.23. The minimum atomic E-state index is -0.290. The number of ether oxygens (including phenoxy) is 1. The van der Waals surface area contributed by atoms with Crippen molar-refractivity contribution in [3.63, 3.8) is 0 Å². The normalized spacial score (nSPS) is 12.6. The van der Waals surface area contributed by atoms with E-state index in [2.05, 4.69) is 21.2 Å². The second kappa shape index (κ2) is 6.32. The Morgan fingerprint density at radius 2 is 2.16 bits per heavy atom. The topological polar surface area (TPSA) is 34.4 Å². The molecule has 0 spiro atoms. The predicted octanol–water partition coefficient (Wildman–Crippen LogP) is 3.64. The van der Waals surface area contributed by atoms with Crippen LogP contribution in [0.1, 0.15) is 23.1 Å². The van der Waals surface area contributed by atoms with E-state index in [0.29, 0.717) is 11.1 Å². The molecular weight excluding hydrogens is 313 g/mol. The van der Waals surface area contributed by atoms with Gasteiger partial charge in [0.05, 0.1) is 10.5 Å². The Kier molecular flexibility index (Phi) is 4.74. The summed E-state index contributed by atoms with van der Waals surface area (Å²) in [6.45, 7) is 0.422. The van der Waals surface area contributed by atoms with Crippen LogP contribution in [0.2, 0.25) is 0 Å². The van der Waals surface area contributed by atoms with Crippen LogP contribution in [0.5, 0.6) is 0 Å². The number of methoxy groups -OCH3 is 1. The van der Waals surface area contributed by atoms with Crippen LogP contribution in [0.3, 0.4) is 0 Å². The first-order valence-electron chi connectivity index (χ1n) is 5.85. The van der Waals surface area contributed by atoms with E-state index in [4.69, 9.17) is 9.15 Å². The number of furan rings is 1. The van der Waals surface area contributed by atoms with Gasteiger partial charge in [0, 0.05) is 7.11 Å². The lowest BCUT2D eigenvalue weighted by Gasteiger charge is -2.14. The molecule has 0 aliphatic rings. The van der Waals surface area contributed by atoms with Gasteiger partial charge in [-0.25, -0.2) is 4.39 Å². The van der Waals surface area contributed by atoms with Gasteiger partial charge in [-0.3, -0.25) is 0 Å². The predicted molar refractivity (Wildman–Crippen MR) is 74.4 cm³/mol. The molecule has 0 saturated heterocycles. The van der Waals surface area contributed by atoms with Crippen LogP contribution in [0.15, 0.2) is 39.2 Å². The molecule has 0 saturated carbocycles. The third-order valence-corrected chi connectivity index (χ3v) is 3.46. The van der Waals surface area contributed by atoms with Crippen LogP contribution < -0.4 is 5.32 Å². The Hall–Kier alpha value is -1.17. The van der Waals surface area contributed by atoms with E-state index in [1.165, 1.54) is 6.07 Å². The largest absolute Gasteiger partial charge is 0.462 e. The summed E-state index contributed by atoms with van der Waals surface area (Å²) < 4.78 is 24.7. The van der Waals surface area contributed by atoms with Crippen LogP contribution in [0.25, 0.3) is 0 Å². The van der Waals surface area contributed by atoms with Crippen molar-refractivity contribution >= 4 is 15.9 Å². The second-order valence-electron chi connectivity index (χ2n) is 4.13. The highest BCUT2D eigenvalue weighted by molar-refractivity contribution is 9.10. The van der Waals surface area contributed by atoms with E-state index >= 15 is 0 Å². The van der Waals surface area contributed by atoms with Crippen LogP contribution >= 0.6 is 15.9 Å². The summed E-state index contributed by atoms with van der Waals surface area (Å²) in [5.41, 5.74) is 0.807. The number of benzene rings is 1. The van der Waals surface area contributed by atoms with Crippen LogP contribution in [0, 0.1) is 5.82 Å². The van der Waals surface area contributed by atoms with Gasteiger partial charge in [0.2, 0.25) is 0 Å². The van der Waals surface area contributed by atoms with Crippen molar-refractivity contribution in [3.05, 3.63) is 57.7 Å². The van der Waals surface area contributed by atoms with E-state index in [0.717, 1.165) is 17.1 Å². The van der Waals surface area contributed by atoms with Crippen molar-refractivity contribution in [2.24, 2.45) is 0 Å². The number of rotatable bonds is 5. The molecule has 1 heterocycles. The van der Waals surface area contributed by atoms with Gasteiger partial charge >= 0.3 is 0 Å². The minimum absolute atomic E-state index is 0.187. The highest BCUT2D eigenvalue weighted by atomic mass is 79.9. The van der Waals surface area contributed by atoms with Gasteiger partial charge in [-0.2, -0.15) is 0 Å². The summed E-state index contributed by atoms with van der Waals surface area (Å²) in [6.07, 6.45) is 0. The maximum atomic E-state index is 13.6. The molecule has 2 rings (SSSR count). The van der Waals surface area contributed by atoms with E-state index in [9.17, 15) is 4.39 Å². The molecule has 1 N–H and O–H groups in total. The summed E-state index contributed by atoms with van der Waals surface area (Å²) in [5.74, 6) is 1.19. The Labute approximate surface area is 119 Å². The van der Waals surface area contributed by atoms with Gasteiger partial charge in [0.15, 0.2) is 0 Å². The lowest BCUT2D eigenvalue weighted by molar-refractivity contribution is 0.162. The Balaban J connectivity index is 2.29. The maximum absolute atomic E-state index is 13.6. The first-order valence-corrected chi connectivity index (χ1v) is 6.64. The molecule has 102 valence electrons. The van der Waals surface area contributed by atoms with Gasteiger partial charge in [0.25, 0.3) is 0 Å². The lowest BCUT2D eigenvalue weighted by atomic mass is 10.0. The summed E-state index contributed by atoms with van der Waals surface area (Å²) in [5, 5.41) is 3.12. The van der Waals surface area contributed by atoms with Crippen molar-refractivity contribution in [2.45, 2.75) is 12.6 Å². The molecule has 0 fully saturated rings. The Bertz CT molecular complexity index is 556. The molecule has 0 aliphatic heterocycles. The summed E-state index contributed by atoms with van der Waals surface area (Å²) in [6, 6.07) is 8.58. The zero-order valence-electron chi connectivity index (χ0n) is 10.7. The lowest BCUT2D eigenvalue weighted by Crippen LogP contribution is -2.17. The zero-order chi connectivity index (χ0) is 13.8. The number of hydrogen-bond donors (Lipinski definition) is 1. The van der Waals surface area contributed by atoms with Crippen molar-refractivity contribution in [1.29, 1.82) is 0 Å². The molecule has 1 aromatic carbocycles. The molecule has 0 aliphatic carbocycles. The van der Waals surface area contributed by atoms with Crippen LogP contribution in [-0.4, -0.2) is 14.2 Å². The molecule has 0 amide bonds. The van der Waals surface area contributed by atoms with Crippen LogP contribution in [0.4, 0.5) is 4.39 Å². The first-order chi connectivity index (χ1) is 9.15. The average Bonchev–Trinajstić information content (AvgIpc) is 2.83. The summed E-state index contributed by atoms with van der Waals surface area (Å²) >= 11 is 3.15. The van der Waals surface area contributed by atoms with Gasteiger partial charge in [-0.1, -0.05) is 6.07 Å².